The minimum atomic E-state index is -0.996. The second-order valence-electron chi connectivity index (χ2n) is 5.22. The van der Waals surface area contributed by atoms with Crippen LogP contribution in [0.25, 0.3) is 6.08 Å². The minimum absolute atomic E-state index is 0.0261. The van der Waals surface area contributed by atoms with Gasteiger partial charge in [-0.25, -0.2) is 4.79 Å². The topological polar surface area (TPSA) is 78.4 Å². The number of benzene rings is 1. The van der Waals surface area contributed by atoms with Crippen molar-refractivity contribution in [3.63, 3.8) is 0 Å². The van der Waals surface area contributed by atoms with Crippen LogP contribution in [-0.2, 0) is 9.59 Å². The molecule has 1 saturated heterocycles. The molecule has 0 radical (unpaired) electrons. The lowest BCUT2D eigenvalue weighted by Crippen LogP contribution is -2.50. The Morgan fingerprint density at radius 2 is 2.29 bits per heavy atom. The molecule has 1 fully saturated rings. The van der Waals surface area contributed by atoms with Crippen LogP contribution in [0.2, 0.25) is 0 Å². The van der Waals surface area contributed by atoms with E-state index in [0.29, 0.717) is 5.69 Å². The zero-order chi connectivity index (χ0) is 15.3. The van der Waals surface area contributed by atoms with Gasteiger partial charge in [-0.2, -0.15) is 0 Å². The van der Waals surface area contributed by atoms with E-state index in [1.807, 2.05) is 6.92 Å². The molecule has 1 atom stereocenters. The Morgan fingerprint density at radius 3 is 2.90 bits per heavy atom. The Hall–Kier alpha value is -2.14. The van der Waals surface area contributed by atoms with Crippen molar-refractivity contribution in [2.45, 2.75) is 31.7 Å². The highest BCUT2D eigenvalue weighted by molar-refractivity contribution is 5.98. The van der Waals surface area contributed by atoms with Crippen LogP contribution in [0.5, 0.6) is 0 Å². The molecule has 21 heavy (non-hydrogen) atoms. The Kier molecular flexibility index (Phi) is 4.75. The fourth-order valence-electron chi connectivity index (χ4n) is 2.60. The monoisotopic (exact) mass is 288 g/mol. The van der Waals surface area contributed by atoms with Crippen LogP contribution < -0.4 is 10.6 Å². The minimum Gasteiger partial charge on any atom is -0.478 e. The molecular weight excluding hydrogens is 268 g/mol. The molecule has 112 valence electrons. The third kappa shape index (κ3) is 3.70. The predicted octanol–water partition coefficient (Wildman–Crippen LogP) is 2.26. The summed E-state index contributed by atoms with van der Waals surface area (Å²) in [5.74, 6) is -1.02. The molecule has 1 aromatic carbocycles. The Labute approximate surface area is 124 Å². The van der Waals surface area contributed by atoms with Gasteiger partial charge in [0.15, 0.2) is 0 Å². The summed E-state index contributed by atoms with van der Waals surface area (Å²) in [6.07, 6.45) is 5.17. The van der Waals surface area contributed by atoms with Crippen LogP contribution in [0, 0.1) is 0 Å². The maximum atomic E-state index is 12.5. The van der Waals surface area contributed by atoms with E-state index >= 15 is 0 Å². The van der Waals surface area contributed by atoms with Gasteiger partial charge in [0.1, 0.15) is 0 Å². The molecule has 5 heteroatoms. The van der Waals surface area contributed by atoms with Crippen molar-refractivity contribution in [1.82, 2.24) is 5.32 Å². The van der Waals surface area contributed by atoms with E-state index in [1.165, 1.54) is 6.08 Å². The van der Waals surface area contributed by atoms with Gasteiger partial charge >= 0.3 is 5.97 Å². The second kappa shape index (κ2) is 6.54. The van der Waals surface area contributed by atoms with Gasteiger partial charge in [0.25, 0.3) is 0 Å². The molecule has 1 amide bonds. The second-order valence-corrected chi connectivity index (χ2v) is 5.22. The van der Waals surface area contributed by atoms with Crippen LogP contribution in [0.1, 0.15) is 31.7 Å². The molecule has 3 N–H and O–H groups in total. The lowest BCUT2D eigenvalue weighted by Gasteiger charge is -2.26. The lowest BCUT2D eigenvalue weighted by molar-refractivity contribution is -0.131. The van der Waals surface area contributed by atoms with Gasteiger partial charge in [0.05, 0.1) is 5.54 Å². The first kappa shape index (κ1) is 15.3. The highest BCUT2D eigenvalue weighted by Gasteiger charge is 2.38. The molecule has 2 rings (SSSR count). The van der Waals surface area contributed by atoms with E-state index in [4.69, 9.17) is 5.11 Å². The molecular formula is C16H20N2O3. The first-order valence-electron chi connectivity index (χ1n) is 7.13. The van der Waals surface area contributed by atoms with E-state index in [0.717, 1.165) is 37.4 Å². The predicted molar refractivity (Wildman–Crippen MR) is 82.0 cm³/mol. The van der Waals surface area contributed by atoms with Crippen LogP contribution in [0.15, 0.2) is 30.3 Å². The van der Waals surface area contributed by atoms with Crippen molar-refractivity contribution < 1.29 is 14.7 Å². The van der Waals surface area contributed by atoms with Crippen LogP contribution >= 0.6 is 0 Å². The summed E-state index contributed by atoms with van der Waals surface area (Å²) < 4.78 is 0. The summed E-state index contributed by atoms with van der Waals surface area (Å²) in [5.41, 5.74) is 0.932. The Balaban J connectivity index is 2.10. The summed E-state index contributed by atoms with van der Waals surface area (Å²) in [6.45, 7) is 2.87. The van der Waals surface area contributed by atoms with Crippen molar-refractivity contribution in [1.29, 1.82) is 0 Å². The Bertz CT molecular complexity index is 560. The summed E-state index contributed by atoms with van der Waals surface area (Å²) in [7, 11) is 0. The van der Waals surface area contributed by atoms with E-state index < -0.39 is 11.5 Å². The third-order valence-corrected chi connectivity index (χ3v) is 3.84. The molecule has 5 nitrogen and oxygen atoms in total. The molecule has 1 aliphatic rings. The first-order chi connectivity index (χ1) is 10.1. The number of hydrogen-bond donors (Lipinski definition) is 3. The van der Waals surface area contributed by atoms with E-state index in [-0.39, 0.29) is 5.91 Å². The summed E-state index contributed by atoms with van der Waals surface area (Å²) >= 11 is 0. The van der Waals surface area contributed by atoms with Crippen molar-refractivity contribution in [3.05, 3.63) is 35.9 Å². The lowest BCUT2D eigenvalue weighted by atomic mass is 9.93. The molecule has 0 aromatic heterocycles. The van der Waals surface area contributed by atoms with Gasteiger partial charge in [-0.15, -0.1) is 0 Å². The number of nitrogens with one attached hydrogen (secondary N) is 2. The van der Waals surface area contributed by atoms with Crippen molar-refractivity contribution in [3.8, 4) is 0 Å². The number of rotatable bonds is 5. The summed E-state index contributed by atoms with van der Waals surface area (Å²) in [5, 5.41) is 14.8. The smallest absolute Gasteiger partial charge is 0.328 e. The van der Waals surface area contributed by atoms with Crippen molar-refractivity contribution in [2.24, 2.45) is 0 Å². The zero-order valence-electron chi connectivity index (χ0n) is 12.1. The highest BCUT2D eigenvalue weighted by atomic mass is 16.4. The van der Waals surface area contributed by atoms with Gasteiger partial charge in [0.2, 0.25) is 5.91 Å². The van der Waals surface area contributed by atoms with Gasteiger partial charge in [-0.3, -0.25) is 4.79 Å². The fraction of sp³-hybridized carbons (Fsp3) is 0.375. The quantitative estimate of drug-likeness (QED) is 0.726. The van der Waals surface area contributed by atoms with E-state index in [2.05, 4.69) is 10.6 Å². The molecule has 1 heterocycles. The zero-order valence-corrected chi connectivity index (χ0v) is 12.1. The summed E-state index contributed by atoms with van der Waals surface area (Å²) in [6, 6.07) is 7.14. The number of aliphatic carboxylic acids is 1. The Morgan fingerprint density at radius 1 is 1.48 bits per heavy atom. The van der Waals surface area contributed by atoms with Gasteiger partial charge in [0, 0.05) is 11.8 Å². The number of anilines is 1. The highest BCUT2D eigenvalue weighted by Crippen LogP contribution is 2.25. The number of carboxylic acid groups (broad SMARTS) is 1. The number of hydrogen-bond acceptors (Lipinski definition) is 3. The average Bonchev–Trinajstić information content (AvgIpc) is 2.96. The molecule has 0 aliphatic carbocycles. The van der Waals surface area contributed by atoms with Crippen LogP contribution in [0.3, 0.4) is 0 Å². The SMILES string of the molecule is CCC1(C(=O)Nc2cccc(/C=C/C(=O)O)c2)CCCN1. The van der Waals surface area contributed by atoms with Gasteiger partial charge in [-0.05, 0) is 49.6 Å². The molecule has 0 bridgehead atoms. The molecule has 0 spiro atoms. The van der Waals surface area contributed by atoms with Gasteiger partial charge < -0.3 is 15.7 Å². The molecule has 1 aromatic rings. The number of amides is 1. The molecule has 1 unspecified atom stereocenters. The normalized spacial score (nSPS) is 21.6. The molecule has 0 saturated carbocycles. The number of carboxylic acids is 1. The number of carbonyl (C=O) groups excluding carboxylic acids is 1. The molecule has 1 aliphatic heterocycles. The van der Waals surface area contributed by atoms with Gasteiger partial charge in [-0.1, -0.05) is 19.1 Å². The van der Waals surface area contributed by atoms with Crippen LogP contribution in [-0.4, -0.2) is 29.1 Å². The van der Waals surface area contributed by atoms with Crippen molar-refractivity contribution >= 4 is 23.6 Å². The van der Waals surface area contributed by atoms with Crippen molar-refractivity contribution in [2.75, 3.05) is 11.9 Å². The van der Waals surface area contributed by atoms with E-state index in [9.17, 15) is 9.59 Å². The van der Waals surface area contributed by atoms with E-state index in [1.54, 1.807) is 24.3 Å². The largest absolute Gasteiger partial charge is 0.478 e. The fourth-order valence-corrected chi connectivity index (χ4v) is 2.60. The first-order valence-corrected chi connectivity index (χ1v) is 7.13. The summed E-state index contributed by atoms with van der Waals surface area (Å²) in [4.78, 5) is 23.0. The maximum absolute atomic E-state index is 12.5. The average molecular weight is 288 g/mol. The number of carbonyl (C=O) groups is 2. The van der Waals surface area contributed by atoms with Crippen LogP contribution in [0.4, 0.5) is 5.69 Å². The third-order valence-electron chi connectivity index (χ3n) is 3.84. The maximum Gasteiger partial charge on any atom is 0.328 e. The standard InChI is InChI=1S/C16H20N2O3/c1-2-16(9-4-10-17-16)15(21)18-13-6-3-5-12(11-13)7-8-14(19)20/h3,5-8,11,17H,2,4,9-10H2,1H3,(H,18,21)(H,19,20)/b8-7+.